The lowest BCUT2D eigenvalue weighted by atomic mass is 10.1. The minimum Gasteiger partial charge on any atom is -0.324 e. The van der Waals surface area contributed by atoms with E-state index in [4.69, 9.17) is 11.6 Å². The molecule has 1 N–H and O–H groups in total. The summed E-state index contributed by atoms with van der Waals surface area (Å²) in [5.41, 5.74) is 3.84. The summed E-state index contributed by atoms with van der Waals surface area (Å²) in [5, 5.41) is 7.65. The molecule has 1 aromatic carbocycles. The van der Waals surface area contributed by atoms with Crippen LogP contribution >= 0.6 is 11.6 Å². The van der Waals surface area contributed by atoms with Crippen molar-refractivity contribution in [3.05, 3.63) is 46.2 Å². The Morgan fingerprint density at radius 1 is 1.35 bits per heavy atom. The van der Waals surface area contributed by atoms with Gasteiger partial charge in [-0.05, 0) is 44.9 Å². The molecule has 1 heterocycles. The number of amides is 1. The molecule has 5 heteroatoms. The Morgan fingerprint density at radius 2 is 2.05 bits per heavy atom. The van der Waals surface area contributed by atoms with Crippen molar-refractivity contribution in [2.45, 2.75) is 33.7 Å². The normalized spacial score (nSPS) is 12.2. The second-order valence-corrected chi connectivity index (χ2v) is 5.34. The first kappa shape index (κ1) is 14.6. The van der Waals surface area contributed by atoms with Crippen molar-refractivity contribution < 1.29 is 4.79 Å². The highest BCUT2D eigenvalue weighted by atomic mass is 35.5. The number of hydrogen-bond donors (Lipinski definition) is 1. The number of aryl methyl sites for hydroxylation is 1. The zero-order valence-corrected chi connectivity index (χ0v) is 12.8. The number of carbonyl (C=O) groups is 1. The van der Waals surface area contributed by atoms with Crippen LogP contribution in [0.1, 0.15) is 29.8 Å². The van der Waals surface area contributed by atoms with Crippen LogP contribution in [0.25, 0.3) is 0 Å². The fourth-order valence-electron chi connectivity index (χ4n) is 2.03. The molecular formula is C15H18ClN3O. The number of carbonyl (C=O) groups excluding carboxylic acids is 1. The third-order valence-corrected chi connectivity index (χ3v) is 3.96. The largest absolute Gasteiger partial charge is 0.324 e. The first-order chi connectivity index (χ1) is 9.41. The lowest BCUT2D eigenvalue weighted by Gasteiger charge is -2.16. The van der Waals surface area contributed by atoms with Crippen LogP contribution in [0.5, 0.6) is 0 Å². The van der Waals surface area contributed by atoms with Gasteiger partial charge in [0.2, 0.25) is 5.91 Å². The van der Waals surface area contributed by atoms with E-state index in [-0.39, 0.29) is 5.91 Å². The molecule has 106 valence electrons. The van der Waals surface area contributed by atoms with Crippen LogP contribution in [0, 0.1) is 20.8 Å². The number of rotatable bonds is 3. The molecule has 0 aliphatic heterocycles. The van der Waals surface area contributed by atoms with Crippen LogP contribution in [0.4, 0.5) is 5.69 Å². The van der Waals surface area contributed by atoms with E-state index in [1.165, 1.54) is 0 Å². The molecule has 4 nitrogen and oxygen atoms in total. The van der Waals surface area contributed by atoms with Crippen LogP contribution in [-0.2, 0) is 4.79 Å². The van der Waals surface area contributed by atoms with Gasteiger partial charge in [-0.2, -0.15) is 5.10 Å². The average molecular weight is 292 g/mol. The fraction of sp³-hybridized carbons (Fsp3) is 0.333. The maximum atomic E-state index is 12.3. The van der Waals surface area contributed by atoms with E-state index in [1.54, 1.807) is 17.8 Å². The first-order valence-electron chi connectivity index (χ1n) is 6.48. The van der Waals surface area contributed by atoms with E-state index in [9.17, 15) is 4.79 Å². The van der Waals surface area contributed by atoms with Gasteiger partial charge in [0, 0.05) is 5.69 Å². The van der Waals surface area contributed by atoms with Crippen molar-refractivity contribution in [1.82, 2.24) is 9.78 Å². The molecule has 2 aromatic rings. The van der Waals surface area contributed by atoms with Gasteiger partial charge in [0.1, 0.15) is 6.04 Å². The number of anilines is 1. The number of halogens is 1. The highest BCUT2D eigenvalue weighted by Crippen LogP contribution is 2.21. The number of hydrogen-bond acceptors (Lipinski definition) is 2. The molecule has 0 bridgehead atoms. The Morgan fingerprint density at radius 3 is 2.65 bits per heavy atom. The number of nitrogens with one attached hydrogen (secondary N) is 1. The number of aromatic nitrogens is 2. The Bertz CT molecular complexity index is 649. The van der Waals surface area contributed by atoms with Gasteiger partial charge in [-0.25, -0.2) is 0 Å². The van der Waals surface area contributed by atoms with Crippen molar-refractivity contribution in [3.8, 4) is 0 Å². The van der Waals surface area contributed by atoms with Gasteiger partial charge in [0.15, 0.2) is 0 Å². The van der Waals surface area contributed by atoms with E-state index < -0.39 is 6.04 Å². The third-order valence-electron chi connectivity index (χ3n) is 3.59. The van der Waals surface area contributed by atoms with Gasteiger partial charge in [-0.15, -0.1) is 0 Å². The predicted molar refractivity (Wildman–Crippen MR) is 81.2 cm³/mol. The van der Waals surface area contributed by atoms with Gasteiger partial charge >= 0.3 is 0 Å². The molecule has 0 aliphatic carbocycles. The molecule has 1 amide bonds. The zero-order chi connectivity index (χ0) is 14.9. The van der Waals surface area contributed by atoms with Crippen molar-refractivity contribution in [3.63, 3.8) is 0 Å². The number of nitrogens with zero attached hydrogens (tertiary/aromatic N) is 2. The highest BCUT2D eigenvalue weighted by Gasteiger charge is 2.19. The lowest BCUT2D eigenvalue weighted by Crippen LogP contribution is -2.25. The van der Waals surface area contributed by atoms with Gasteiger partial charge in [0.05, 0.1) is 16.9 Å². The van der Waals surface area contributed by atoms with Crippen LogP contribution in [0.3, 0.4) is 0 Å². The Balaban J connectivity index is 2.20. The van der Waals surface area contributed by atoms with E-state index in [1.807, 2.05) is 39.0 Å². The SMILES string of the molecule is Cc1cccc(NC(=O)C(C)n2ncc(Cl)c2C)c1C. The van der Waals surface area contributed by atoms with Crippen molar-refractivity contribution in [1.29, 1.82) is 0 Å². The maximum absolute atomic E-state index is 12.3. The van der Waals surface area contributed by atoms with Crippen LogP contribution < -0.4 is 5.32 Å². The van der Waals surface area contributed by atoms with E-state index in [0.29, 0.717) is 5.02 Å². The van der Waals surface area contributed by atoms with Crippen LogP contribution in [0.2, 0.25) is 5.02 Å². The summed E-state index contributed by atoms with van der Waals surface area (Å²) in [4.78, 5) is 12.3. The lowest BCUT2D eigenvalue weighted by molar-refractivity contribution is -0.119. The molecule has 0 spiro atoms. The smallest absolute Gasteiger partial charge is 0.248 e. The molecule has 0 aliphatic rings. The van der Waals surface area contributed by atoms with Gasteiger partial charge in [-0.3, -0.25) is 9.48 Å². The summed E-state index contributed by atoms with van der Waals surface area (Å²) >= 11 is 5.97. The van der Waals surface area contributed by atoms with Crippen LogP contribution in [0.15, 0.2) is 24.4 Å². The summed E-state index contributed by atoms with van der Waals surface area (Å²) in [7, 11) is 0. The van der Waals surface area contributed by atoms with E-state index >= 15 is 0 Å². The number of benzene rings is 1. The van der Waals surface area contributed by atoms with E-state index in [2.05, 4.69) is 10.4 Å². The molecule has 0 radical (unpaired) electrons. The van der Waals surface area contributed by atoms with Gasteiger partial charge < -0.3 is 5.32 Å². The first-order valence-corrected chi connectivity index (χ1v) is 6.86. The summed E-state index contributed by atoms with van der Waals surface area (Å²) in [6, 6.07) is 5.43. The summed E-state index contributed by atoms with van der Waals surface area (Å²) < 4.78 is 1.63. The Hall–Kier alpha value is -1.81. The Kier molecular flexibility index (Phi) is 4.14. The third kappa shape index (κ3) is 2.70. The topological polar surface area (TPSA) is 46.9 Å². The van der Waals surface area contributed by atoms with Crippen molar-refractivity contribution in [2.24, 2.45) is 0 Å². The molecule has 0 saturated carbocycles. The zero-order valence-electron chi connectivity index (χ0n) is 12.1. The molecule has 0 saturated heterocycles. The second-order valence-electron chi connectivity index (χ2n) is 4.94. The van der Waals surface area contributed by atoms with Crippen LogP contribution in [-0.4, -0.2) is 15.7 Å². The molecule has 20 heavy (non-hydrogen) atoms. The molecule has 2 rings (SSSR count). The van der Waals surface area contributed by atoms with Gasteiger partial charge in [-0.1, -0.05) is 23.7 Å². The Labute approximate surface area is 123 Å². The molecule has 1 unspecified atom stereocenters. The quantitative estimate of drug-likeness (QED) is 0.938. The average Bonchev–Trinajstić information content (AvgIpc) is 2.74. The molecular weight excluding hydrogens is 274 g/mol. The summed E-state index contributed by atoms with van der Waals surface area (Å²) in [6.07, 6.45) is 1.55. The summed E-state index contributed by atoms with van der Waals surface area (Å²) in [5.74, 6) is -0.110. The molecule has 1 atom stereocenters. The minimum absolute atomic E-state index is 0.110. The summed E-state index contributed by atoms with van der Waals surface area (Å²) in [6.45, 7) is 7.66. The predicted octanol–water partition coefficient (Wildman–Crippen LogP) is 3.66. The second kappa shape index (κ2) is 5.67. The molecule has 1 aromatic heterocycles. The van der Waals surface area contributed by atoms with Gasteiger partial charge in [0.25, 0.3) is 0 Å². The fourth-order valence-corrected chi connectivity index (χ4v) is 2.16. The van der Waals surface area contributed by atoms with E-state index in [0.717, 1.165) is 22.5 Å². The minimum atomic E-state index is -0.414. The standard InChI is InChI=1S/C15H18ClN3O/c1-9-6-5-7-14(10(9)2)18-15(20)12(4)19-11(3)13(16)8-17-19/h5-8,12H,1-4H3,(H,18,20). The monoisotopic (exact) mass is 291 g/mol. The highest BCUT2D eigenvalue weighted by molar-refractivity contribution is 6.31. The maximum Gasteiger partial charge on any atom is 0.248 e. The molecule has 0 fully saturated rings. The van der Waals surface area contributed by atoms with Crippen molar-refractivity contribution in [2.75, 3.05) is 5.32 Å². The van der Waals surface area contributed by atoms with Crippen molar-refractivity contribution >= 4 is 23.2 Å².